The molecule has 1 saturated heterocycles. The highest BCUT2D eigenvalue weighted by molar-refractivity contribution is 9.10. The first kappa shape index (κ1) is 17.5. The third kappa shape index (κ3) is 3.47. The topological polar surface area (TPSA) is 34.6 Å². The molecule has 134 valence electrons. The molecular formula is C21H21BrN2O2. The minimum atomic E-state index is 0.133. The van der Waals surface area contributed by atoms with E-state index in [4.69, 9.17) is 9.47 Å². The SMILES string of the molecule is COc1cc(C(c2ccccc2)N2CCOCC2)c2cc(Br)ccc2n1. The van der Waals surface area contributed by atoms with Gasteiger partial charge in [-0.05, 0) is 29.3 Å². The summed E-state index contributed by atoms with van der Waals surface area (Å²) in [5.41, 5.74) is 3.42. The summed E-state index contributed by atoms with van der Waals surface area (Å²) >= 11 is 3.61. The molecule has 26 heavy (non-hydrogen) atoms. The highest BCUT2D eigenvalue weighted by Gasteiger charge is 2.26. The van der Waals surface area contributed by atoms with Crippen LogP contribution in [0, 0.1) is 0 Å². The minimum absolute atomic E-state index is 0.133. The summed E-state index contributed by atoms with van der Waals surface area (Å²) in [5.74, 6) is 0.643. The molecule has 4 rings (SSSR count). The van der Waals surface area contributed by atoms with Crippen LogP contribution in [0.1, 0.15) is 17.2 Å². The number of benzene rings is 2. The number of fused-ring (bicyclic) bond motifs is 1. The molecule has 1 aromatic heterocycles. The van der Waals surface area contributed by atoms with Gasteiger partial charge in [0.15, 0.2) is 0 Å². The molecule has 2 heterocycles. The Morgan fingerprint density at radius 3 is 2.58 bits per heavy atom. The molecule has 0 bridgehead atoms. The zero-order chi connectivity index (χ0) is 17.9. The predicted molar refractivity (Wildman–Crippen MR) is 107 cm³/mol. The van der Waals surface area contributed by atoms with E-state index in [1.807, 2.05) is 12.1 Å². The van der Waals surface area contributed by atoms with Gasteiger partial charge in [-0.15, -0.1) is 0 Å². The van der Waals surface area contributed by atoms with Gasteiger partial charge in [0.1, 0.15) is 0 Å². The van der Waals surface area contributed by atoms with Crippen molar-refractivity contribution in [2.45, 2.75) is 6.04 Å². The van der Waals surface area contributed by atoms with Crippen molar-refractivity contribution in [3.63, 3.8) is 0 Å². The number of nitrogens with zero attached hydrogens (tertiary/aromatic N) is 2. The van der Waals surface area contributed by atoms with Gasteiger partial charge in [-0.1, -0.05) is 46.3 Å². The van der Waals surface area contributed by atoms with Crippen LogP contribution in [0.15, 0.2) is 59.1 Å². The van der Waals surface area contributed by atoms with Crippen LogP contribution in [-0.2, 0) is 4.74 Å². The Morgan fingerprint density at radius 1 is 1.08 bits per heavy atom. The van der Waals surface area contributed by atoms with Crippen LogP contribution in [0.4, 0.5) is 0 Å². The molecule has 5 heteroatoms. The summed E-state index contributed by atoms with van der Waals surface area (Å²) < 4.78 is 12.1. The van der Waals surface area contributed by atoms with Crippen LogP contribution in [0.3, 0.4) is 0 Å². The van der Waals surface area contributed by atoms with Crippen molar-refractivity contribution in [3.05, 3.63) is 70.2 Å². The van der Waals surface area contributed by atoms with Crippen LogP contribution in [0.5, 0.6) is 5.88 Å². The zero-order valence-corrected chi connectivity index (χ0v) is 16.3. The average Bonchev–Trinajstić information content (AvgIpc) is 2.70. The highest BCUT2D eigenvalue weighted by Crippen LogP contribution is 2.36. The molecule has 0 N–H and O–H groups in total. The van der Waals surface area contributed by atoms with E-state index in [9.17, 15) is 0 Å². The van der Waals surface area contributed by atoms with Gasteiger partial charge in [-0.25, -0.2) is 4.98 Å². The van der Waals surface area contributed by atoms with Crippen molar-refractivity contribution in [1.82, 2.24) is 9.88 Å². The normalized spacial score (nSPS) is 16.5. The van der Waals surface area contributed by atoms with Crippen molar-refractivity contribution in [1.29, 1.82) is 0 Å². The first-order chi connectivity index (χ1) is 12.8. The zero-order valence-electron chi connectivity index (χ0n) is 14.7. The molecule has 1 aliphatic heterocycles. The van der Waals surface area contributed by atoms with E-state index >= 15 is 0 Å². The Bertz CT molecular complexity index is 895. The first-order valence-electron chi connectivity index (χ1n) is 8.77. The molecule has 1 aliphatic rings. The molecule has 1 unspecified atom stereocenters. The van der Waals surface area contributed by atoms with Crippen molar-refractivity contribution in [3.8, 4) is 5.88 Å². The van der Waals surface area contributed by atoms with Gasteiger partial charge in [0, 0.05) is 29.0 Å². The molecule has 1 fully saturated rings. The summed E-state index contributed by atoms with van der Waals surface area (Å²) in [6.07, 6.45) is 0. The fraction of sp³-hybridized carbons (Fsp3) is 0.286. The third-order valence-corrected chi connectivity index (χ3v) is 5.30. The van der Waals surface area contributed by atoms with E-state index in [1.165, 1.54) is 11.1 Å². The van der Waals surface area contributed by atoms with E-state index < -0.39 is 0 Å². The molecule has 4 nitrogen and oxygen atoms in total. The summed E-state index contributed by atoms with van der Waals surface area (Å²) in [5, 5.41) is 1.14. The number of aromatic nitrogens is 1. The van der Waals surface area contributed by atoms with Crippen LogP contribution in [0.25, 0.3) is 10.9 Å². The summed E-state index contributed by atoms with van der Waals surface area (Å²) in [7, 11) is 1.67. The van der Waals surface area contributed by atoms with Gasteiger partial charge in [0.2, 0.25) is 5.88 Å². The van der Waals surface area contributed by atoms with E-state index in [0.29, 0.717) is 5.88 Å². The summed E-state index contributed by atoms with van der Waals surface area (Å²) in [6, 6.07) is 19.0. The van der Waals surface area contributed by atoms with Crippen LogP contribution in [-0.4, -0.2) is 43.3 Å². The number of morpholine rings is 1. The average molecular weight is 413 g/mol. The Hall–Kier alpha value is -1.95. The number of halogens is 1. The van der Waals surface area contributed by atoms with E-state index in [1.54, 1.807) is 7.11 Å². The van der Waals surface area contributed by atoms with Crippen molar-refractivity contribution in [2.24, 2.45) is 0 Å². The maximum Gasteiger partial charge on any atom is 0.213 e. The van der Waals surface area contributed by atoms with E-state index in [2.05, 4.69) is 68.3 Å². The summed E-state index contributed by atoms with van der Waals surface area (Å²) in [4.78, 5) is 7.11. The van der Waals surface area contributed by atoms with Gasteiger partial charge < -0.3 is 9.47 Å². The summed E-state index contributed by atoms with van der Waals surface area (Å²) in [6.45, 7) is 3.32. The minimum Gasteiger partial charge on any atom is -0.481 e. The largest absolute Gasteiger partial charge is 0.481 e. The van der Waals surface area contributed by atoms with Crippen LogP contribution in [0.2, 0.25) is 0 Å². The van der Waals surface area contributed by atoms with Gasteiger partial charge in [0.25, 0.3) is 0 Å². The molecule has 0 spiro atoms. The van der Waals surface area contributed by atoms with Gasteiger partial charge in [-0.3, -0.25) is 4.90 Å². The second kappa shape index (κ2) is 7.74. The number of hydrogen-bond acceptors (Lipinski definition) is 4. The molecular weight excluding hydrogens is 392 g/mol. The number of rotatable bonds is 4. The van der Waals surface area contributed by atoms with E-state index in [-0.39, 0.29) is 6.04 Å². The molecule has 0 radical (unpaired) electrons. The van der Waals surface area contributed by atoms with Gasteiger partial charge in [0.05, 0.1) is 31.9 Å². The molecule has 0 saturated carbocycles. The standard InChI is InChI=1S/C21H21BrN2O2/c1-25-20-14-18(17-13-16(22)7-8-19(17)23-20)21(15-5-3-2-4-6-15)24-9-11-26-12-10-24/h2-8,13-14,21H,9-12H2,1H3. The van der Waals surface area contributed by atoms with Gasteiger partial charge >= 0.3 is 0 Å². The van der Waals surface area contributed by atoms with Crippen molar-refractivity contribution < 1.29 is 9.47 Å². The lowest BCUT2D eigenvalue weighted by Crippen LogP contribution is -2.39. The maximum absolute atomic E-state index is 5.59. The number of methoxy groups -OCH3 is 1. The monoisotopic (exact) mass is 412 g/mol. The maximum atomic E-state index is 5.59. The Morgan fingerprint density at radius 2 is 1.85 bits per heavy atom. The predicted octanol–water partition coefficient (Wildman–Crippen LogP) is 4.43. The Labute approximate surface area is 161 Å². The number of pyridine rings is 1. The molecule has 3 aromatic rings. The first-order valence-corrected chi connectivity index (χ1v) is 9.56. The van der Waals surface area contributed by atoms with Crippen LogP contribution < -0.4 is 4.74 Å². The second-order valence-corrected chi connectivity index (χ2v) is 7.29. The fourth-order valence-electron chi connectivity index (χ4n) is 3.59. The molecule has 2 aromatic carbocycles. The smallest absolute Gasteiger partial charge is 0.213 e. The molecule has 0 aliphatic carbocycles. The fourth-order valence-corrected chi connectivity index (χ4v) is 3.95. The number of ether oxygens (including phenoxy) is 2. The highest BCUT2D eigenvalue weighted by atomic mass is 79.9. The lowest BCUT2D eigenvalue weighted by atomic mass is 9.94. The van der Waals surface area contributed by atoms with Gasteiger partial charge in [-0.2, -0.15) is 0 Å². The van der Waals surface area contributed by atoms with Crippen molar-refractivity contribution >= 4 is 26.8 Å². The number of hydrogen-bond donors (Lipinski definition) is 0. The lowest BCUT2D eigenvalue weighted by molar-refractivity contribution is 0.0241. The van der Waals surface area contributed by atoms with Crippen LogP contribution >= 0.6 is 15.9 Å². The van der Waals surface area contributed by atoms with E-state index in [0.717, 1.165) is 41.7 Å². The quantitative estimate of drug-likeness (QED) is 0.634. The Balaban J connectivity index is 1.93. The second-order valence-electron chi connectivity index (χ2n) is 6.38. The Kier molecular flexibility index (Phi) is 5.20. The van der Waals surface area contributed by atoms with Crippen molar-refractivity contribution in [2.75, 3.05) is 33.4 Å². The third-order valence-electron chi connectivity index (χ3n) is 4.81. The lowest BCUT2D eigenvalue weighted by Gasteiger charge is -2.35. The molecule has 0 amide bonds. The molecule has 1 atom stereocenters.